The smallest absolute Gasteiger partial charge is 0.000718 e. The molecule has 1 aliphatic rings. The van der Waals surface area contributed by atoms with Crippen LogP contribution in [0.1, 0.15) is 55.7 Å². The van der Waals surface area contributed by atoms with Gasteiger partial charge in [-0.2, -0.15) is 0 Å². The van der Waals surface area contributed by atoms with E-state index in [1.54, 1.807) is 0 Å². The number of hydrogen-bond acceptors (Lipinski definition) is 0. The van der Waals surface area contributed by atoms with Crippen LogP contribution < -0.4 is 0 Å². The summed E-state index contributed by atoms with van der Waals surface area (Å²) < 4.78 is 0. The lowest BCUT2D eigenvalue weighted by molar-refractivity contribution is 0.632. The molecular formula is C26H28. The summed E-state index contributed by atoms with van der Waals surface area (Å²) >= 11 is 0. The highest BCUT2D eigenvalue weighted by Gasteiger charge is 2.23. The van der Waals surface area contributed by atoms with Crippen LogP contribution in [-0.4, -0.2) is 0 Å². The van der Waals surface area contributed by atoms with E-state index in [1.165, 1.54) is 77.5 Å². The number of aryl methyl sites for hydroxylation is 1. The van der Waals surface area contributed by atoms with Gasteiger partial charge in [0.05, 0.1) is 0 Å². The van der Waals surface area contributed by atoms with Crippen molar-refractivity contribution in [2.24, 2.45) is 0 Å². The zero-order valence-electron chi connectivity index (χ0n) is 15.8. The van der Waals surface area contributed by atoms with Crippen molar-refractivity contribution in [2.45, 2.75) is 51.9 Å². The maximum Gasteiger partial charge on any atom is -0.000718 e. The molecular weight excluding hydrogens is 312 g/mol. The van der Waals surface area contributed by atoms with Crippen LogP contribution in [0, 0.1) is 0 Å². The molecule has 26 heavy (non-hydrogen) atoms. The van der Waals surface area contributed by atoms with Crippen LogP contribution in [0.5, 0.6) is 0 Å². The zero-order valence-corrected chi connectivity index (χ0v) is 15.8. The zero-order chi connectivity index (χ0) is 17.8. The normalized spacial score (nSPS) is 12.0. The maximum absolute atomic E-state index is 2.39. The third-order valence-corrected chi connectivity index (χ3v) is 5.69. The van der Waals surface area contributed by atoms with Crippen molar-refractivity contribution >= 4 is 0 Å². The lowest BCUT2D eigenvalue weighted by Gasteiger charge is -2.15. The molecule has 0 nitrogen and oxygen atoms in total. The Kier molecular flexibility index (Phi) is 5.20. The molecule has 0 saturated carbocycles. The van der Waals surface area contributed by atoms with Gasteiger partial charge in [0.1, 0.15) is 0 Å². The summed E-state index contributed by atoms with van der Waals surface area (Å²) in [6.07, 6.45) is 8.95. The van der Waals surface area contributed by atoms with Crippen molar-refractivity contribution in [2.75, 3.05) is 0 Å². The lowest BCUT2D eigenvalue weighted by atomic mass is 9.89. The maximum atomic E-state index is 2.39. The molecule has 0 amide bonds. The van der Waals surface area contributed by atoms with Crippen molar-refractivity contribution in [3.63, 3.8) is 0 Å². The number of rotatable bonds is 7. The Labute approximate surface area is 157 Å². The fraction of sp³-hybridized carbons (Fsp3) is 0.308. The number of unbranched alkanes of at least 4 members (excludes halogenated alkanes) is 4. The first-order valence-corrected chi connectivity index (χ1v) is 10.2. The van der Waals surface area contributed by atoms with Crippen LogP contribution >= 0.6 is 0 Å². The summed E-state index contributed by atoms with van der Waals surface area (Å²) in [4.78, 5) is 0. The van der Waals surface area contributed by atoms with Crippen molar-refractivity contribution in [3.05, 3.63) is 83.4 Å². The Morgan fingerprint density at radius 3 is 2.31 bits per heavy atom. The Hall–Kier alpha value is -2.34. The SMILES string of the molecule is CCCCCCCc1ccc2c(c1-c1ccccc1)Cc1ccccc1-2. The molecule has 3 aromatic carbocycles. The molecule has 132 valence electrons. The highest BCUT2D eigenvalue weighted by molar-refractivity contribution is 5.86. The van der Waals surface area contributed by atoms with Crippen molar-refractivity contribution in [3.8, 4) is 22.3 Å². The number of fused-ring (bicyclic) bond motifs is 3. The van der Waals surface area contributed by atoms with Crippen molar-refractivity contribution in [1.82, 2.24) is 0 Å². The van der Waals surface area contributed by atoms with Crippen LogP contribution in [0.4, 0.5) is 0 Å². The average molecular weight is 341 g/mol. The van der Waals surface area contributed by atoms with Gasteiger partial charge in [-0.15, -0.1) is 0 Å². The molecule has 0 spiro atoms. The first-order chi connectivity index (χ1) is 12.9. The Balaban J connectivity index is 1.70. The molecule has 0 fully saturated rings. The van der Waals surface area contributed by atoms with Gasteiger partial charge in [0.25, 0.3) is 0 Å². The fourth-order valence-corrected chi connectivity index (χ4v) is 4.35. The van der Waals surface area contributed by atoms with Crippen LogP contribution in [0.2, 0.25) is 0 Å². The average Bonchev–Trinajstić information content (AvgIpc) is 3.07. The van der Waals surface area contributed by atoms with Crippen LogP contribution in [-0.2, 0) is 12.8 Å². The van der Waals surface area contributed by atoms with Gasteiger partial charge in [0, 0.05) is 0 Å². The third-order valence-electron chi connectivity index (χ3n) is 5.69. The van der Waals surface area contributed by atoms with Gasteiger partial charge < -0.3 is 0 Å². The second-order valence-electron chi connectivity index (χ2n) is 7.49. The Morgan fingerprint density at radius 2 is 1.46 bits per heavy atom. The molecule has 4 rings (SSSR count). The molecule has 0 unspecified atom stereocenters. The van der Waals surface area contributed by atoms with Gasteiger partial charge in [0.2, 0.25) is 0 Å². The van der Waals surface area contributed by atoms with Gasteiger partial charge in [-0.25, -0.2) is 0 Å². The molecule has 0 bridgehead atoms. The van der Waals surface area contributed by atoms with Crippen LogP contribution in [0.3, 0.4) is 0 Å². The van der Waals surface area contributed by atoms with Gasteiger partial charge >= 0.3 is 0 Å². The topological polar surface area (TPSA) is 0 Å². The first kappa shape index (κ1) is 17.1. The van der Waals surface area contributed by atoms with Gasteiger partial charge in [0.15, 0.2) is 0 Å². The molecule has 0 saturated heterocycles. The molecule has 1 aliphatic carbocycles. The van der Waals surface area contributed by atoms with E-state index >= 15 is 0 Å². The Bertz CT molecular complexity index is 874. The standard InChI is InChI=1S/C26H28/c1-2-3-4-5-7-14-21-17-18-24-23-16-11-10-15-22(23)19-25(24)26(21)20-12-8-6-9-13-20/h6,8-13,15-18H,2-5,7,14,19H2,1H3. The molecule has 0 aromatic heterocycles. The highest BCUT2D eigenvalue weighted by atomic mass is 14.3. The molecule has 0 heteroatoms. The summed E-state index contributed by atoms with van der Waals surface area (Å²) in [6, 6.07) is 24.7. The van der Waals surface area contributed by atoms with Crippen molar-refractivity contribution < 1.29 is 0 Å². The van der Waals surface area contributed by atoms with Crippen LogP contribution in [0.25, 0.3) is 22.3 Å². The summed E-state index contributed by atoms with van der Waals surface area (Å²) in [5, 5.41) is 0. The molecule has 0 radical (unpaired) electrons. The summed E-state index contributed by atoms with van der Waals surface area (Å²) in [6.45, 7) is 2.28. The van der Waals surface area contributed by atoms with E-state index in [0.29, 0.717) is 0 Å². The van der Waals surface area contributed by atoms with E-state index in [1.807, 2.05) is 0 Å². The van der Waals surface area contributed by atoms with Gasteiger partial charge in [-0.3, -0.25) is 0 Å². The van der Waals surface area contributed by atoms with E-state index in [4.69, 9.17) is 0 Å². The summed E-state index contributed by atoms with van der Waals surface area (Å²) in [5.74, 6) is 0. The van der Waals surface area contributed by atoms with Gasteiger partial charge in [-0.05, 0) is 58.2 Å². The van der Waals surface area contributed by atoms with E-state index < -0.39 is 0 Å². The molecule has 3 aromatic rings. The second kappa shape index (κ2) is 7.91. The van der Waals surface area contributed by atoms with Gasteiger partial charge in [-0.1, -0.05) is 99.3 Å². The minimum atomic E-state index is 1.07. The van der Waals surface area contributed by atoms with E-state index in [0.717, 1.165) is 6.42 Å². The number of hydrogen-bond donors (Lipinski definition) is 0. The predicted molar refractivity (Wildman–Crippen MR) is 113 cm³/mol. The second-order valence-corrected chi connectivity index (χ2v) is 7.49. The largest absolute Gasteiger partial charge is 0.0654 e. The molecule has 0 aliphatic heterocycles. The van der Waals surface area contributed by atoms with E-state index in [9.17, 15) is 0 Å². The molecule has 0 atom stereocenters. The third kappa shape index (κ3) is 3.33. The summed E-state index contributed by atoms with van der Waals surface area (Å²) in [5.41, 5.74) is 10.3. The monoisotopic (exact) mass is 340 g/mol. The first-order valence-electron chi connectivity index (χ1n) is 10.2. The predicted octanol–water partition coefficient (Wildman–Crippen LogP) is 7.44. The van der Waals surface area contributed by atoms with E-state index in [-0.39, 0.29) is 0 Å². The van der Waals surface area contributed by atoms with Crippen molar-refractivity contribution in [1.29, 1.82) is 0 Å². The highest BCUT2D eigenvalue weighted by Crippen LogP contribution is 2.43. The molecule has 0 N–H and O–H groups in total. The van der Waals surface area contributed by atoms with E-state index in [2.05, 4.69) is 73.7 Å². The quantitative estimate of drug-likeness (QED) is 0.307. The minimum absolute atomic E-state index is 1.07. The lowest BCUT2D eigenvalue weighted by Crippen LogP contribution is -1.96. The fourth-order valence-electron chi connectivity index (χ4n) is 4.35. The summed E-state index contributed by atoms with van der Waals surface area (Å²) in [7, 11) is 0. The van der Waals surface area contributed by atoms with Crippen LogP contribution in [0.15, 0.2) is 66.7 Å². The minimum Gasteiger partial charge on any atom is -0.0654 e. The number of benzene rings is 3. The molecule has 0 heterocycles. The Morgan fingerprint density at radius 1 is 0.692 bits per heavy atom.